The number of likely N-dealkylation sites (tertiary alicyclic amines) is 1. The van der Waals surface area contributed by atoms with Gasteiger partial charge in [-0.05, 0) is 31.9 Å². The van der Waals surface area contributed by atoms with Crippen LogP contribution in [0.15, 0.2) is 45.3 Å². The van der Waals surface area contributed by atoms with E-state index in [2.05, 4.69) is 15.5 Å². The number of benzene rings is 1. The third-order valence-corrected chi connectivity index (χ3v) is 4.74. The zero-order chi connectivity index (χ0) is 19.5. The van der Waals surface area contributed by atoms with Crippen LogP contribution in [0.3, 0.4) is 0 Å². The van der Waals surface area contributed by atoms with Gasteiger partial charge in [-0.2, -0.15) is 0 Å². The fraction of sp³-hybridized carbons (Fsp3) is 0.300. The number of rotatable bonds is 4. The first-order chi connectivity index (χ1) is 13.6. The molecule has 4 rings (SSSR count). The topological polar surface area (TPSA) is 101 Å². The number of para-hydroxylation sites is 2. The monoisotopic (exact) mass is 380 g/mol. The molecule has 3 heterocycles. The number of anilines is 1. The second-order valence-electron chi connectivity index (χ2n) is 6.76. The van der Waals surface area contributed by atoms with Gasteiger partial charge in [0.15, 0.2) is 11.4 Å². The number of oxazole rings is 1. The molecule has 1 N–H and O–H groups in total. The average molecular weight is 380 g/mol. The summed E-state index contributed by atoms with van der Waals surface area (Å²) >= 11 is 0. The van der Waals surface area contributed by atoms with Crippen LogP contribution in [0.4, 0.5) is 5.82 Å². The minimum absolute atomic E-state index is 0.0950. The number of fused-ring (bicyclic) bond motifs is 1. The Balaban J connectivity index is 1.30. The highest BCUT2D eigenvalue weighted by molar-refractivity contribution is 5.93. The summed E-state index contributed by atoms with van der Waals surface area (Å²) in [6.07, 6.45) is 4.24. The third-order valence-electron chi connectivity index (χ3n) is 4.74. The molecule has 2 amide bonds. The van der Waals surface area contributed by atoms with Crippen LogP contribution in [-0.2, 0) is 9.59 Å². The highest BCUT2D eigenvalue weighted by Crippen LogP contribution is 2.20. The van der Waals surface area contributed by atoms with Crippen molar-refractivity contribution in [2.24, 2.45) is 5.92 Å². The smallest absolute Gasteiger partial charge is 0.246 e. The number of hydrogen-bond donors (Lipinski definition) is 1. The van der Waals surface area contributed by atoms with Crippen LogP contribution in [0.5, 0.6) is 0 Å². The molecule has 0 unspecified atom stereocenters. The number of nitrogens with one attached hydrogen (secondary N) is 1. The first-order valence-corrected chi connectivity index (χ1v) is 9.15. The fourth-order valence-corrected chi connectivity index (χ4v) is 3.22. The molecule has 1 aliphatic heterocycles. The van der Waals surface area contributed by atoms with Crippen molar-refractivity contribution in [2.75, 3.05) is 18.4 Å². The molecule has 0 radical (unpaired) electrons. The van der Waals surface area contributed by atoms with Crippen LogP contribution in [0, 0.1) is 12.8 Å². The summed E-state index contributed by atoms with van der Waals surface area (Å²) in [6, 6.07) is 9.11. The van der Waals surface area contributed by atoms with Gasteiger partial charge in [-0.25, -0.2) is 4.98 Å². The maximum Gasteiger partial charge on any atom is 0.246 e. The van der Waals surface area contributed by atoms with Gasteiger partial charge in [0.05, 0.1) is 0 Å². The van der Waals surface area contributed by atoms with Crippen molar-refractivity contribution in [3.8, 4) is 0 Å². The van der Waals surface area contributed by atoms with E-state index in [9.17, 15) is 9.59 Å². The standard InChI is InChI=1S/C20H20N4O4/c1-13-12-17(23-28-13)22-20(26)14-8-10-24(11-9-14)19(25)7-6-18-21-15-4-2-3-5-16(15)27-18/h2-7,12,14H,8-11H2,1H3,(H,22,23,26)/b7-6+. The molecule has 3 aromatic rings. The summed E-state index contributed by atoms with van der Waals surface area (Å²) < 4.78 is 10.5. The van der Waals surface area contributed by atoms with Crippen molar-refractivity contribution in [3.63, 3.8) is 0 Å². The largest absolute Gasteiger partial charge is 0.437 e. The van der Waals surface area contributed by atoms with Gasteiger partial charge in [0.25, 0.3) is 0 Å². The normalized spacial score (nSPS) is 15.4. The summed E-state index contributed by atoms with van der Waals surface area (Å²) in [6.45, 7) is 2.81. The van der Waals surface area contributed by atoms with E-state index < -0.39 is 0 Å². The summed E-state index contributed by atoms with van der Waals surface area (Å²) in [7, 11) is 0. The lowest BCUT2D eigenvalue weighted by atomic mass is 9.96. The van der Waals surface area contributed by atoms with Crippen molar-refractivity contribution in [3.05, 3.63) is 48.1 Å². The van der Waals surface area contributed by atoms with Crippen LogP contribution >= 0.6 is 0 Å². The minimum atomic E-state index is -0.151. The first-order valence-electron chi connectivity index (χ1n) is 9.15. The zero-order valence-electron chi connectivity index (χ0n) is 15.4. The van der Waals surface area contributed by atoms with Crippen molar-refractivity contribution >= 4 is 34.8 Å². The van der Waals surface area contributed by atoms with E-state index in [1.807, 2.05) is 24.3 Å². The molecule has 0 aliphatic carbocycles. The number of carbonyl (C=O) groups is 2. The Labute approximate surface area is 161 Å². The lowest BCUT2D eigenvalue weighted by Crippen LogP contribution is -2.40. The maximum absolute atomic E-state index is 12.4. The van der Waals surface area contributed by atoms with Crippen LogP contribution in [0.1, 0.15) is 24.5 Å². The van der Waals surface area contributed by atoms with E-state index in [1.165, 1.54) is 6.08 Å². The van der Waals surface area contributed by atoms with E-state index in [-0.39, 0.29) is 17.7 Å². The maximum atomic E-state index is 12.4. The van der Waals surface area contributed by atoms with E-state index in [4.69, 9.17) is 8.94 Å². The van der Waals surface area contributed by atoms with E-state index >= 15 is 0 Å². The Morgan fingerprint density at radius 2 is 2.04 bits per heavy atom. The number of piperidine rings is 1. The van der Waals surface area contributed by atoms with E-state index in [1.54, 1.807) is 24.0 Å². The summed E-state index contributed by atoms with van der Waals surface area (Å²) in [5, 5.41) is 6.52. The Bertz CT molecular complexity index is 995. The summed E-state index contributed by atoms with van der Waals surface area (Å²) in [5.41, 5.74) is 1.44. The van der Waals surface area contributed by atoms with Crippen LogP contribution in [-0.4, -0.2) is 39.9 Å². The molecule has 2 aromatic heterocycles. The molecule has 8 heteroatoms. The number of nitrogens with zero attached hydrogens (tertiary/aromatic N) is 3. The molecule has 1 saturated heterocycles. The first kappa shape index (κ1) is 18.0. The van der Waals surface area contributed by atoms with Crippen LogP contribution in [0.2, 0.25) is 0 Å². The Morgan fingerprint density at radius 3 is 2.75 bits per heavy atom. The average Bonchev–Trinajstić information content (AvgIpc) is 3.31. The number of amides is 2. The van der Waals surface area contributed by atoms with Crippen molar-refractivity contribution < 1.29 is 18.5 Å². The van der Waals surface area contributed by atoms with Gasteiger partial charge in [0.1, 0.15) is 11.3 Å². The van der Waals surface area contributed by atoms with Gasteiger partial charge < -0.3 is 19.2 Å². The number of aryl methyl sites for hydroxylation is 1. The van der Waals surface area contributed by atoms with E-state index in [0.717, 1.165) is 5.52 Å². The number of carbonyl (C=O) groups excluding carboxylic acids is 2. The molecule has 8 nitrogen and oxygen atoms in total. The Morgan fingerprint density at radius 1 is 1.25 bits per heavy atom. The molecule has 1 aliphatic rings. The minimum Gasteiger partial charge on any atom is -0.437 e. The number of aromatic nitrogens is 2. The molecule has 144 valence electrons. The van der Waals surface area contributed by atoms with Gasteiger partial charge >= 0.3 is 0 Å². The highest BCUT2D eigenvalue weighted by atomic mass is 16.5. The highest BCUT2D eigenvalue weighted by Gasteiger charge is 2.27. The lowest BCUT2D eigenvalue weighted by molar-refractivity contribution is -0.130. The molecule has 28 heavy (non-hydrogen) atoms. The Kier molecular flexibility index (Phi) is 4.92. The van der Waals surface area contributed by atoms with Gasteiger partial charge in [-0.15, -0.1) is 0 Å². The zero-order valence-corrected chi connectivity index (χ0v) is 15.4. The fourth-order valence-electron chi connectivity index (χ4n) is 3.22. The quantitative estimate of drug-likeness (QED) is 0.698. The van der Waals surface area contributed by atoms with Crippen molar-refractivity contribution in [1.82, 2.24) is 15.0 Å². The van der Waals surface area contributed by atoms with Crippen LogP contribution in [0.25, 0.3) is 17.2 Å². The van der Waals surface area contributed by atoms with E-state index in [0.29, 0.717) is 49.0 Å². The molecule has 0 saturated carbocycles. The van der Waals surface area contributed by atoms with Gasteiger partial charge in [0.2, 0.25) is 17.7 Å². The van der Waals surface area contributed by atoms with Gasteiger partial charge in [-0.3, -0.25) is 9.59 Å². The molecular formula is C20H20N4O4. The summed E-state index contributed by atoms with van der Waals surface area (Å²) in [5.74, 6) is 1.09. The number of hydrogen-bond acceptors (Lipinski definition) is 6. The third kappa shape index (κ3) is 3.95. The van der Waals surface area contributed by atoms with Gasteiger partial charge in [0, 0.05) is 37.2 Å². The van der Waals surface area contributed by atoms with Crippen molar-refractivity contribution in [2.45, 2.75) is 19.8 Å². The lowest BCUT2D eigenvalue weighted by Gasteiger charge is -2.30. The SMILES string of the molecule is Cc1cc(NC(=O)C2CCN(C(=O)/C=C/c3nc4ccccc4o3)CC2)no1. The predicted octanol–water partition coefficient (Wildman–Crippen LogP) is 3.01. The second kappa shape index (κ2) is 7.67. The predicted molar refractivity (Wildman–Crippen MR) is 102 cm³/mol. The molecule has 1 aromatic carbocycles. The second-order valence-corrected chi connectivity index (χ2v) is 6.76. The van der Waals surface area contributed by atoms with Crippen LogP contribution < -0.4 is 5.32 Å². The molecule has 0 atom stereocenters. The Hall–Kier alpha value is -3.42. The molecular weight excluding hydrogens is 360 g/mol. The molecule has 0 bridgehead atoms. The molecule has 1 fully saturated rings. The van der Waals surface area contributed by atoms with Crippen molar-refractivity contribution in [1.29, 1.82) is 0 Å². The molecule has 0 spiro atoms. The summed E-state index contributed by atoms with van der Waals surface area (Å²) in [4.78, 5) is 30.8. The van der Waals surface area contributed by atoms with Gasteiger partial charge in [-0.1, -0.05) is 17.3 Å².